The third kappa shape index (κ3) is 3.07. The number of hydrogen-bond donors (Lipinski definition) is 1. The first kappa shape index (κ1) is 14.7. The molecule has 0 amide bonds. The van der Waals surface area contributed by atoms with Crippen molar-refractivity contribution in [2.45, 2.75) is 36.2 Å². The van der Waals surface area contributed by atoms with Crippen LogP contribution in [-0.2, 0) is 10.0 Å². The molecule has 1 aromatic carbocycles. The molecule has 2 N–H and O–H groups in total. The maximum atomic E-state index is 12.7. The van der Waals surface area contributed by atoms with Crippen molar-refractivity contribution < 1.29 is 8.42 Å². The zero-order chi connectivity index (χ0) is 14.2. The number of rotatable bonds is 2. The summed E-state index contributed by atoms with van der Waals surface area (Å²) in [5, 5.41) is 0.639. The Bertz CT molecular complexity index is 562. The van der Waals surface area contributed by atoms with E-state index in [1.54, 1.807) is 29.4 Å². The van der Waals surface area contributed by atoms with Gasteiger partial charge in [0.2, 0.25) is 10.0 Å². The monoisotopic (exact) mass is 300 g/mol. The van der Waals surface area contributed by atoms with Gasteiger partial charge in [0.1, 0.15) is 0 Å². The van der Waals surface area contributed by atoms with Gasteiger partial charge >= 0.3 is 0 Å². The van der Waals surface area contributed by atoms with Crippen LogP contribution in [-0.4, -0.2) is 36.3 Å². The molecule has 1 heterocycles. The summed E-state index contributed by atoms with van der Waals surface area (Å²) in [7, 11) is -3.44. The number of sulfonamides is 1. The van der Waals surface area contributed by atoms with Crippen LogP contribution in [0.25, 0.3) is 0 Å². The predicted molar refractivity (Wildman–Crippen MR) is 80.9 cm³/mol. The molecule has 0 radical (unpaired) electrons. The van der Waals surface area contributed by atoms with Crippen molar-refractivity contribution in [1.29, 1.82) is 0 Å². The summed E-state index contributed by atoms with van der Waals surface area (Å²) < 4.78 is 27.0. The maximum Gasteiger partial charge on any atom is 0.243 e. The van der Waals surface area contributed by atoms with Crippen LogP contribution in [0, 0.1) is 6.92 Å². The first-order valence-corrected chi connectivity index (χ1v) is 8.70. The highest BCUT2D eigenvalue weighted by Gasteiger charge is 2.32. The van der Waals surface area contributed by atoms with Gasteiger partial charge in [0.05, 0.1) is 4.90 Å². The van der Waals surface area contributed by atoms with E-state index in [1.165, 1.54) is 0 Å². The molecule has 2 unspecified atom stereocenters. The van der Waals surface area contributed by atoms with E-state index in [-0.39, 0.29) is 0 Å². The van der Waals surface area contributed by atoms with Crippen LogP contribution in [0.5, 0.6) is 0 Å². The summed E-state index contributed by atoms with van der Waals surface area (Å²) in [6, 6.07) is 5.04. The highest BCUT2D eigenvalue weighted by molar-refractivity contribution is 8.00. The molecule has 1 aliphatic rings. The van der Waals surface area contributed by atoms with Crippen molar-refractivity contribution in [3.63, 3.8) is 0 Å². The number of hydrogen-bond acceptors (Lipinski definition) is 4. The van der Waals surface area contributed by atoms with Gasteiger partial charge in [0, 0.05) is 29.3 Å². The average Bonchev–Trinajstić information content (AvgIpc) is 2.31. The fourth-order valence-corrected chi connectivity index (χ4v) is 5.75. The third-order valence-electron chi connectivity index (χ3n) is 3.22. The fraction of sp³-hybridized carbons (Fsp3) is 0.538. The molecule has 6 heteroatoms. The minimum atomic E-state index is -3.44. The lowest BCUT2D eigenvalue weighted by Crippen LogP contribution is -2.44. The Labute approximate surface area is 119 Å². The topological polar surface area (TPSA) is 63.4 Å². The lowest BCUT2D eigenvalue weighted by molar-refractivity contribution is 0.404. The standard InChI is InChI=1S/C13H20N2O2S2/c1-9-4-5-12(14)6-13(9)19(16,17)15-7-10(2)18-11(3)8-15/h4-6,10-11H,7-8,14H2,1-3H3. The lowest BCUT2D eigenvalue weighted by atomic mass is 10.2. The molecular formula is C13H20N2O2S2. The van der Waals surface area contributed by atoms with E-state index in [4.69, 9.17) is 5.73 Å². The van der Waals surface area contributed by atoms with Crippen molar-refractivity contribution in [2.24, 2.45) is 0 Å². The normalized spacial score (nSPS) is 25.4. The zero-order valence-electron chi connectivity index (χ0n) is 11.5. The molecule has 2 atom stereocenters. The molecule has 1 saturated heterocycles. The molecule has 0 bridgehead atoms. The summed E-state index contributed by atoms with van der Waals surface area (Å²) in [6.07, 6.45) is 0. The van der Waals surface area contributed by atoms with Gasteiger partial charge in [-0.05, 0) is 24.6 Å². The lowest BCUT2D eigenvalue weighted by Gasteiger charge is -2.34. The zero-order valence-corrected chi connectivity index (χ0v) is 13.1. The third-order valence-corrected chi connectivity index (χ3v) is 6.42. The summed E-state index contributed by atoms with van der Waals surface area (Å²) in [4.78, 5) is 0.332. The van der Waals surface area contributed by atoms with Gasteiger partial charge in [-0.2, -0.15) is 16.1 Å². The van der Waals surface area contributed by atoms with Crippen LogP contribution >= 0.6 is 11.8 Å². The van der Waals surface area contributed by atoms with E-state index in [0.717, 1.165) is 5.56 Å². The summed E-state index contributed by atoms with van der Waals surface area (Å²) in [5.74, 6) is 0. The number of aryl methyl sites for hydroxylation is 1. The van der Waals surface area contributed by atoms with Gasteiger partial charge in [-0.1, -0.05) is 19.9 Å². The van der Waals surface area contributed by atoms with Crippen molar-refractivity contribution in [3.05, 3.63) is 23.8 Å². The Hall–Kier alpha value is -0.720. The molecule has 0 aromatic heterocycles. The second-order valence-electron chi connectivity index (χ2n) is 5.10. The van der Waals surface area contributed by atoms with Crippen molar-refractivity contribution >= 4 is 27.5 Å². The highest BCUT2D eigenvalue weighted by Crippen LogP contribution is 2.30. The number of nitrogens with two attached hydrogens (primary N) is 1. The van der Waals surface area contributed by atoms with E-state index in [0.29, 0.717) is 34.2 Å². The summed E-state index contributed by atoms with van der Waals surface area (Å²) in [6.45, 7) is 7.05. The molecule has 0 aliphatic carbocycles. The molecular weight excluding hydrogens is 280 g/mol. The van der Waals surface area contributed by atoms with Gasteiger partial charge in [-0.25, -0.2) is 8.42 Å². The van der Waals surface area contributed by atoms with Crippen molar-refractivity contribution in [3.8, 4) is 0 Å². The molecule has 1 aliphatic heterocycles. The van der Waals surface area contributed by atoms with Crippen LogP contribution in [0.3, 0.4) is 0 Å². The fourth-order valence-electron chi connectivity index (χ4n) is 2.36. The first-order chi connectivity index (χ1) is 8.80. The van der Waals surface area contributed by atoms with E-state index in [1.807, 2.05) is 11.8 Å². The second-order valence-corrected chi connectivity index (χ2v) is 8.89. The second kappa shape index (κ2) is 5.34. The minimum Gasteiger partial charge on any atom is -0.399 e. The highest BCUT2D eigenvalue weighted by atomic mass is 32.2. The molecule has 1 aromatic rings. The maximum absolute atomic E-state index is 12.7. The van der Waals surface area contributed by atoms with Gasteiger partial charge in [0.25, 0.3) is 0 Å². The smallest absolute Gasteiger partial charge is 0.243 e. The molecule has 0 saturated carbocycles. The van der Waals surface area contributed by atoms with Gasteiger partial charge < -0.3 is 5.73 Å². The van der Waals surface area contributed by atoms with Crippen LogP contribution in [0.2, 0.25) is 0 Å². The minimum absolute atomic E-state index is 0.319. The van der Waals surface area contributed by atoms with Gasteiger partial charge in [0.15, 0.2) is 0 Å². The number of nitrogen functional groups attached to an aromatic ring is 1. The van der Waals surface area contributed by atoms with E-state index in [2.05, 4.69) is 13.8 Å². The van der Waals surface area contributed by atoms with E-state index >= 15 is 0 Å². The summed E-state index contributed by atoms with van der Waals surface area (Å²) >= 11 is 1.83. The van der Waals surface area contributed by atoms with Crippen molar-refractivity contribution in [2.75, 3.05) is 18.8 Å². The van der Waals surface area contributed by atoms with Gasteiger partial charge in [-0.3, -0.25) is 0 Å². The van der Waals surface area contributed by atoms with Crippen LogP contribution in [0.1, 0.15) is 19.4 Å². The Morgan fingerprint density at radius 2 is 1.84 bits per heavy atom. The molecule has 1 fully saturated rings. The molecule has 2 rings (SSSR count). The number of anilines is 1. The quantitative estimate of drug-likeness (QED) is 0.850. The van der Waals surface area contributed by atoms with Gasteiger partial charge in [-0.15, -0.1) is 0 Å². The van der Waals surface area contributed by atoms with Crippen LogP contribution in [0.15, 0.2) is 23.1 Å². The first-order valence-electron chi connectivity index (χ1n) is 6.32. The molecule has 4 nitrogen and oxygen atoms in total. The predicted octanol–water partition coefficient (Wildman–Crippen LogP) is 2.09. The largest absolute Gasteiger partial charge is 0.399 e. The Morgan fingerprint density at radius 3 is 2.42 bits per heavy atom. The Kier molecular flexibility index (Phi) is 4.13. The molecule has 19 heavy (non-hydrogen) atoms. The van der Waals surface area contributed by atoms with E-state index < -0.39 is 10.0 Å². The number of benzene rings is 1. The number of nitrogens with zero attached hydrogens (tertiary/aromatic N) is 1. The van der Waals surface area contributed by atoms with Crippen LogP contribution < -0.4 is 5.73 Å². The van der Waals surface area contributed by atoms with Crippen molar-refractivity contribution in [1.82, 2.24) is 4.31 Å². The average molecular weight is 300 g/mol. The molecule has 106 valence electrons. The number of thioether (sulfide) groups is 1. The SMILES string of the molecule is Cc1ccc(N)cc1S(=O)(=O)N1CC(C)SC(C)C1. The Morgan fingerprint density at radius 1 is 1.26 bits per heavy atom. The molecule has 0 spiro atoms. The van der Waals surface area contributed by atoms with E-state index in [9.17, 15) is 8.42 Å². The summed E-state index contributed by atoms with van der Waals surface area (Å²) in [5.41, 5.74) is 6.95. The Balaban J connectivity index is 2.39. The van der Waals surface area contributed by atoms with Crippen LogP contribution in [0.4, 0.5) is 5.69 Å².